The Bertz CT molecular complexity index is 578. The Morgan fingerprint density at radius 3 is 3.06 bits per heavy atom. The summed E-state index contributed by atoms with van der Waals surface area (Å²) in [6.45, 7) is 3.84. The molecule has 0 saturated carbocycles. The predicted molar refractivity (Wildman–Crippen MR) is 67.6 cm³/mol. The summed E-state index contributed by atoms with van der Waals surface area (Å²) in [6, 6.07) is 3.88. The van der Waals surface area contributed by atoms with Gasteiger partial charge in [0.25, 0.3) is 0 Å². The number of fused-ring (bicyclic) bond motifs is 1. The van der Waals surface area contributed by atoms with Gasteiger partial charge in [-0.25, -0.2) is 4.98 Å². The topological polar surface area (TPSA) is 64.9 Å². The molecule has 3 rings (SSSR count). The highest BCUT2D eigenvalue weighted by molar-refractivity contribution is 5.59. The van der Waals surface area contributed by atoms with Crippen LogP contribution >= 0.6 is 0 Å². The Hall–Kier alpha value is -2.11. The van der Waals surface area contributed by atoms with Gasteiger partial charge in [0.05, 0.1) is 7.11 Å². The Labute approximate surface area is 105 Å². The first-order valence-corrected chi connectivity index (χ1v) is 5.98. The Balaban J connectivity index is 2.09. The number of nitrogens with zero attached hydrogens (tertiary/aromatic N) is 4. The zero-order valence-electron chi connectivity index (χ0n) is 10.5. The van der Waals surface area contributed by atoms with Crippen molar-refractivity contribution < 1.29 is 4.74 Å². The summed E-state index contributed by atoms with van der Waals surface area (Å²) in [4.78, 5) is 4.28. The monoisotopic (exact) mass is 245 g/mol. The van der Waals surface area contributed by atoms with E-state index in [0.717, 1.165) is 42.5 Å². The molecule has 0 saturated heterocycles. The minimum absolute atomic E-state index is 0.603. The molecule has 0 aromatic carbocycles. The third-order valence-electron chi connectivity index (χ3n) is 2.99. The van der Waals surface area contributed by atoms with Gasteiger partial charge in [-0.3, -0.25) is 4.57 Å². The average Bonchev–Trinajstić information content (AvgIpc) is 2.81. The van der Waals surface area contributed by atoms with E-state index in [1.165, 1.54) is 0 Å². The first-order chi connectivity index (χ1) is 8.78. The van der Waals surface area contributed by atoms with E-state index in [-0.39, 0.29) is 0 Å². The molecule has 0 spiro atoms. The van der Waals surface area contributed by atoms with Crippen molar-refractivity contribution in [3.05, 3.63) is 17.8 Å². The van der Waals surface area contributed by atoms with Crippen LogP contribution in [-0.2, 0) is 6.54 Å². The van der Waals surface area contributed by atoms with E-state index in [1.54, 1.807) is 7.11 Å². The highest BCUT2D eigenvalue weighted by Gasteiger charge is 2.17. The van der Waals surface area contributed by atoms with Gasteiger partial charge in [0.2, 0.25) is 11.8 Å². The molecule has 1 aliphatic rings. The molecule has 2 aromatic heterocycles. The number of pyridine rings is 1. The van der Waals surface area contributed by atoms with Crippen molar-refractivity contribution in [1.82, 2.24) is 19.7 Å². The van der Waals surface area contributed by atoms with Gasteiger partial charge < -0.3 is 10.1 Å². The fraction of sp³-hybridized carbons (Fsp3) is 0.417. The Morgan fingerprint density at radius 2 is 2.22 bits per heavy atom. The lowest BCUT2D eigenvalue weighted by Gasteiger charge is -2.16. The molecule has 1 N–H and O–H groups in total. The number of hydrogen-bond acceptors (Lipinski definition) is 5. The third kappa shape index (κ3) is 1.79. The normalized spacial score (nSPS) is 13.9. The molecule has 0 unspecified atom stereocenters. The first-order valence-electron chi connectivity index (χ1n) is 5.98. The molecule has 0 amide bonds. The van der Waals surface area contributed by atoms with Crippen LogP contribution in [0.5, 0.6) is 5.88 Å². The molecule has 0 fully saturated rings. The number of hydrogen-bond donors (Lipinski definition) is 1. The quantitative estimate of drug-likeness (QED) is 0.868. The van der Waals surface area contributed by atoms with Crippen molar-refractivity contribution in [1.29, 1.82) is 0 Å². The summed E-state index contributed by atoms with van der Waals surface area (Å²) in [6.07, 6.45) is 1.08. The number of methoxy groups -OCH3 is 1. The summed E-state index contributed by atoms with van der Waals surface area (Å²) in [5.41, 5.74) is 1.90. The zero-order valence-corrected chi connectivity index (χ0v) is 10.5. The van der Waals surface area contributed by atoms with Crippen LogP contribution in [0.1, 0.15) is 12.1 Å². The minimum Gasteiger partial charge on any atom is -0.481 e. The summed E-state index contributed by atoms with van der Waals surface area (Å²) in [7, 11) is 1.62. The molecular weight excluding hydrogens is 230 g/mol. The Kier molecular flexibility index (Phi) is 2.62. The standard InChI is InChI=1S/C12H15N5O/c1-8-6-9(7-10(14-8)18-2)11-15-16-12-13-4-3-5-17(11)12/h6-7H,3-5H2,1-2H3,(H,13,16). The van der Waals surface area contributed by atoms with Gasteiger partial charge in [0, 0.05) is 30.4 Å². The molecule has 0 aliphatic carbocycles. The van der Waals surface area contributed by atoms with Crippen molar-refractivity contribution in [2.24, 2.45) is 0 Å². The van der Waals surface area contributed by atoms with E-state index in [4.69, 9.17) is 4.74 Å². The predicted octanol–water partition coefficient (Wildman–Crippen LogP) is 1.47. The van der Waals surface area contributed by atoms with E-state index in [0.29, 0.717) is 5.88 Å². The molecular formula is C12H15N5O. The number of ether oxygens (including phenoxy) is 1. The fourth-order valence-electron chi connectivity index (χ4n) is 2.17. The number of aryl methyl sites for hydroxylation is 1. The molecule has 18 heavy (non-hydrogen) atoms. The van der Waals surface area contributed by atoms with Gasteiger partial charge in [-0.05, 0) is 19.4 Å². The average molecular weight is 245 g/mol. The summed E-state index contributed by atoms with van der Waals surface area (Å²) >= 11 is 0. The number of anilines is 1. The highest BCUT2D eigenvalue weighted by Crippen LogP contribution is 2.25. The summed E-state index contributed by atoms with van der Waals surface area (Å²) in [5, 5.41) is 11.6. The van der Waals surface area contributed by atoms with Gasteiger partial charge >= 0.3 is 0 Å². The largest absolute Gasteiger partial charge is 0.481 e. The third-order valence-corrected chi connectivity index (χ3v) is 2.99. The van der Waals surface area contributed by atoms with Gasteiger partial charge in [0.1, 0.15) is 0 Å². The molecule has 0 radical (unpaired) electrons. The lowest BCUT2D eigenvalue weighted by atomic mass is 10.2. The molecule has 0 atom stereocenters. The van der Waals surface area contributed by atoms with Crippen LogP contribution < -0.4 is 10.1 Å². The number of rotatable bonds is 2. The molecule has 0 bridgehead atoms. The van der Waals surface area contributed by atoms with E-state index in [9.17, 15) is 0 Å². The van der Waals surface area contributed by atoms with Crippen molar-refractivity contribution in [2.75, 3.05) is 19.0 Å². The van der Waals surface area contributed by atoms with Crippen LogP contribution in [0.25, 0.3) is 11.4 Å². The molecule has 2 aromatic rings. The second-order valence-electron chi connectivity index (χ2n) is 4.32. The lowest BCUT2D eigenvalue weighted by molar-refractivity contribution is 0.397. The highest BCUT2D eigenvalue weighted by atomic mass is 16.5. The van der Waals surface area contributed by atoms with Crippen molar-refractivity contribution in [3.8, 4) is 17.3 Å². The maximum atomic E-state index is 5.19. The maximum absolute atomic E-state index is 5.19. The van der Waals surface area contributed by atoms with Crippen molar-refractivity contribution in [2.45, 2.75) is 19.9 Å². The maximum Gasteiger partial charge on any atom is 0.224 e. The van der Waals surface area contributed by atoms with E-state index >= 15 is 0 Å². The second-order valence-corrected chi connectivity index (χ2v) is 4.32. The van der Waals surface area contributed by atoms with E-state index < -0.39 is 0 Å². The fourth-order valence-corrected chi connectivity index (χ4v) is 2.17. The van der Waals surface area contributed by atoms with Crippen molar-refractivity contribution in [3.63, 3.8) is 0 Å². The van der Waals surface area contributed by atoms with Crippen LogP contribution in [0, 0.1) is 6.92 Å². The number of nitrogens with one attached hydrogen (secondary N) is 1. The minimum atomic E-state index is 0.603. The van der Waals surface area contributed by atoms with Crippen LogP contribution in [0.15, 0.2) is 12.1 Å². The Morgan fingerprint density at radius 1 is 1.33 bits per heavy atom. The second kappa shape index (κ2) is 4.29. The molecule has 3 heterocycles. The molecule has 94 valence electrons. The van der Waals surface area contributed by atoms with Gasteiger partial charge in [0.15, 0.2) is 5.82 Å². The zero-order chi connectivity index (χ0) is 12.5. The molecule has 6 heteroatoms. The van der Waals surface area contributed by atoms with Gasteiger partial charge in [-0.1, -0.05) is 0 Å². The molecule has 1 aliphatic heterocycles. The van der Waals surface area contributed by atoms with Crippen LogP contribution in [0.4, 0.5) is 5.95 Å². The smallest absolute Gasteiger partial charge is 0.224 e. The molecule has 6 nitrogen and oxygen atoms in total. The van der Waals surface area contributed by atoms with Gasteiger partial charge in [-0.2, -0.15) is 0 Å². The van der Waals surface area contributed by atoms with Crippen LogP contribution in [0.3, 0.4) is 0 Å². The van der Waals surface area contributed by atoms with Crippen LogP contribution in [-0.4, -0.2) is 33.4 Å². The summed E-state index contributed by atoms with van der Waals surface area (Å²) < 4.78 is 7.29. The van der Waals surface area contributed by atoms with E-state index in [2.05, 4.69) is 25.1 Å². The summed E-state index contributed by atoms with van der Waals surface area (Å²) in [5.74, 6) is 2.30. The number of aromatic nitrogens is 4. The SMILES string of the molecule is COc1cc(-c2nnc3n2CCCN3)cc(C)n1. The first kappa shape index (κ1) is 11.0. The van der Waals surface area contributed by atoms with Gasteiger partial charge in [-0.15, -0.1) is 10.2 Å². The van der Waals surface area contributed by atoms with Crippen LogP contribution in [0.2, 0.25) is 0 Å². The lowest BCUT2D eigenvalue weighted by Crippen LogP contribution is -2.17. The van der Waals surface area contributed by atoms with E-state index in [1.807, 2.05) is 19.1 Å². The van der Waals surface area contributed by atoms with Crippen molar-refractivity contribution >= 4 is 5.95 Å².